The van der Waals surface area contributed by atoms with Crippen LogP contribution in [0.1, 0.15) is 28.8 Å². The van der Waals surface area contributed by atoms with Crippen molar-refractivity contribution in [1.82, 2.24) is 25.1 Å². The third kappa shape index (κ3) is 4.34. The van der Waals surface area contributed by atoms with Crippen molar-refractivity contribution in [3.8, 4) is 17.3 Å². The first-order valence-electron chi connectivity index (χ1n) is 8.28. The second-order valence-corrected chi connectivity index (χ2v) is 6.46. The van der Waals surface area contributed by atoms with E-state index in [2.05, 4.69) is 20.4 Å². The highest BCUT2D eigenvalue weighted by molar-refractivity contribution is 6.32. The normalized spacial score (nSPS) is 11.8. The van der Waals surface area contributed by atoms with E-state index >= 15 is 0 Å². The summed E-state index contributed by atoms with van der Waals surface area (Å²) in [6, 6.07) is 8.91. The zero-order valence-electron chi connectivity index (χ0n) is 14.6. The molecule has 0 saturated heterocycles. The number of carbonyl (C=O) groups excluding carboxylic acids is 1. The first kappa shape index (κ1) is 18.6. The average Bonchev–Trinajstić information content (AvgIpc) is 3.30. The van der Waals surface area contributed by atoms with Crippen LogP contribution in [0.2, 0.25) is 5.02 Å². The van der Waals surface area contributed by atoms with E-state index in [0.717, 1.165) is 11.3 Å². The fraction of sp³-hybridized carbons (Fsp3) is 0.222. The summed E-state index contributed by atoms with van der Waals surface area (Å²) in [6.45, 7) is 2.63. The van der Waals surface area contributed by atoms with Crippen LogP contribution in [-0.2, 0) is 13.1 Å². The van der Waals surface area contributed by atoms with Crippen LogP contribution in [0.25, 0.3) is 11.3 Å². The number of hydrogen-bond acceptors (Lipinski definition) is 5. The van der Waals surface area contributed by atoms with Gasteiger partial charge in [-0.2, -0.15) is 10.4 Å². The number of nitrogens with two attached hydrogens (primary N) is 1. The number of nitriles is 1. The van der Waals surface area contributed by atoms with E-state index < -0.39 is 0 Å². The summed E-state index contributed by atoms with van der Waals surface area (Å²) < 4.78 is 1.74. The Balaban J connectivity index is 1.64. The summed E-state index contributed by atoms with van der Waals surface area (Å²) in [7, 11) is 0. The molecule has 4 N–H and O–H groups in total. The monoisotopic (exact) mass is 383 g/mol. The molecule has 9 heteroatoms. The Morgan fingerprint density at radius 3 is 2.96 bits per heavy atom. The Morgan fingerprint density at radius 1 is 1.48 bits per heavy atom. The molecule has 1 unspecified atom stereocenters. The van der Waals surface area contributed by atoms with Gasteiger partial charge in [-0.3, -0.25) is 9.48 Å². The van der Waals surface area contributed by atoms with E-state index in [4.69, 9.17) is 22.6 Å². The van der Waals surface area contributed by atoms with Crippen LogP contribution in [-0.4, -0.2) is 31.7 Å². The molecule has 1 amide bonds. The summed E-state index contributed by atoms with van der Waals surface area (Å²) in [5.41, 5.74) is 7.83. The number of aromatic nitrogens is 4. The molecule has 27 heavy (non-hydrogen) atoms. The molecule has 0 aliphatic rings. The molecule has 8 nitrogen and oxygen atoms in total. The number of aromatic amines is 1. The molecule has 138 valence electrons. The number of carbonyl (C=O) groups is 1. The lowest BCUT2D eigenvalue weighted by molar-refractivity contribution is 0.0931. The number of H-pyrrole nitrogens is 1. The van der Waals surface area contributed by atoms with E-state index in [-0.39, 0.29) is 18.5 Å². The first-order valence-corrected chi connectivity index (χ1v) is 8.66. The van der Waals surface area contributed by atoms with Gasteiger partial charge in [0.1, 0.15) is 17.6 Å². The molecule has 0 fully saturated rings. The van der Waals surface area contributed by atoms with Gasteiger partial charge in [0.2, 0.25) is 0 Å². The molecule has 1 atom stereocenters. The van der Waals surface area contributed by atoms with Crippen LogP contribution in [0.4, 0.5) is 0 Å². The molecular weight excluding hydrogens is 366 g/mol. The van der Waals surface area contributed by atoms with Crippen LogP contribution in [0.3, 0.4) is 0 Å². The maximum absolute atomic E-state index is 12.2. The van der Waals surface area contributed by atoms with E-state index in [9.17, 15) is 4.79 Å². The topological polar surface area (TPSA) is 125 Å². The van der Waals surface area contributed by atoms with Crippen LogP contribution in [0.15, 0.2) is 36.7 Å². The maximum Gasteiger partial charge on any atom is 0.269 e. The summed E-state index contributed by atoms with van der Waals surface area (Å²) in [5, 5.41) is 16.7. The van der Waals surface area contributed by atoms with Gasteiger partial charge in [-0.15, -0.1) is 0 Å². The number of rotatable bonds is 6. The average molecular weight is 384 g/mol. The number of halogens is 1. The van der Waals surface area contributed by atoms with Gasteiger partial charge in [-0.05, 0) is 25.1 Å². The third-order valence-corrected chi connectivity index (χ3v) is 4.24. The Morgan fingerprint density at radius 2 is 2.30 bits per heavy atom. The minimum atomic E-state index is -0.249. The summed E-state index contributed by atoms with van der Waals surface area (Å²) >= 11 is 6.08. The molecule has 0 radical (unpaired) electrons. The predicted octanol–water partition coefficient (Wildman–Crippen LogP) is 2.08. The van der Waals surface area contributed by atoms with Crippen molar-refractivity contribution in [2.75, 3.05) is 0 Å². The van der Waals surface area contributed by atoms with Crippen LogP contribution in [0, 0.1) is 11.3 Å². The summed E-state index contributed by atoms with van der Waals surface area (Å²) in [6.07, 6.45) is 3.29. The van der Waals surface area contributed by atoms with Crippen molar-refractivity contribution < 1.29 is 4.79 Å². The molecule has 0 aliphatic heterocycles. The van der Waals surface area contributed by atoms with Crippen molar-refractivity contribution in [2.24, 2.45) is 5.73 Å². The van der Waals surface area contributed by atoms with Crippen LogP contribution < -0.4 is 11.1 Å². The van der Waals surface area contributed by atoms with Gasteiger partial charge in [0.25, 0.3) is 5.91 Å². The lowest BCUT2D eigenvalue weighted by Gasteiger charge is -2.13. The lowest BCUT2D eigenvalue weighted by Crippen LogP contribution is -2.36. The van der Waals surface area contributed by atoms with Crippen LogP contribution >= 0.6 is 11.6 Å². The van der Waals surface area contributed by atoms with E-state index in [0.29, 0.717) is 28.6 Å². The minimum Gasteiger partial charge on any atom is -0.346 e. The Bertz CT molecular complexity index is 1000. The second kappa shape index (κ2) is 8.03. The highest BCUT2D eigenvalue weighted by atomic mass is 35.5. The molecule has 0 aliphatic carbocycles. The predicted molar refractivity (Wildman–Crippen MR) is 101 cm³/mol. The largest absolute Gasteiger partial charge is 0.346 e. The number of hydrogen-bond donors (Lipinski definition) is 3. The highest BCUT2D eigenvalue weighted by Gasteiger charge is 2.13. The van der Waals surface area contributed by atoms with Gasteiger partial charge in [0.05, 0.1) is 35.6 Å². The smallest absolute Gasteiger partial charge is 0.269 e. The quantitative estimate of drug-likeness (QED) is 0.600. The van der Waals surface area contributed by atoms with Gasteiger partial charge in [-0.1, -0.05) is 17.7 Å². The second-order valence-electron chi connectivity index (χ2n) is 6.05. The van der Waals surface area contributed by atoms with E-state index in [1.54, 1.807) is 22.9 Å². The van der Waals surface area contributed by atoms with Crippen molar-refractivity contribution in [3.05, 3.63) is 58.8 Å². The van der Waals surface area contributed by atoms with Gasteiger partial charge < -0.3 is 16.0 Å². The molecule has 0 saturated carbocycles. The Kier molecular flexibility index (Phi) is 5.54. The first-order chi connectivity index (χ1) is 13.0. The van der Waals surface area contributed by atoms with Crippen LogP contribution in [0.5, 0.6) is 0 Å². The van der Waals surface area contributed by atoms with Gasteiger partial charge in [0, 0.05) is 17.8 Å². The van der Waals surface area contributed by atoms with Crippen molar-refractivity contribution in [2.45, 2.75) is 26.1 Å². The van der Waals surface area contributed by atoms with Crippen molar-refractivity contribution >= 4 is 17.5 Å². The summed E-state index contributed by atoms with van der Waals surface area (Å²) in [4.78, 5) is 19.1. The molecule has 0 bridgehead atoms. The van der Waals surface area contributed by atoms with Crippen molar-refractivity contribution in [1.29, 1.82) is 5.26 Å². The SMILES string of the molecule is CC(Cn1ccc(-c2ccc(C#N)c(Cl)c2)n1)NC(=O)c1cnc(CN)[nH]1. The molecule has 2 heterocycles. The van der Waals surface area contributed by atoms with Gasteiger partial charge >= 0.3 is 0 Å². The maximum atomic E-state index is 12.2. The minimum absolute atomic E-state index is 0.153. The summed E-state index contributed by atoms with van der Waals surface area (Å²) in [5.74, 6) is 0.312. The highest BCUT2D eigenvalue weighted by Crippen LogP contribution is 2.24. The molecule has 2 aromatic heterocycles. The number of imidazole rings is 1. The Labute approximate surface area is 161 Å². The van der Waals surface area contributed by atoms with E-state index in [1.165, 1.54) is 6.20 Å². The number of amides is 1. The van der Waals surface area contributed by atoms with Crippen molar-refractivity contribution in [3.63, 3.8) is 0 Å². The fourth-order valence-electron chi connectivity index (χ4n) is 2.59. The number of benzene rings is 1. The van der Waals surface area contributed by atoms with E-state index in [1.807, 2.05) is 25.3 Å². The zero-order valence-corrected chi connectivity index (χ0v) is 15.4. The fourth-order valence-corrected chi connectivity index (χ4v) is 2.81. The lowest BCUT2D eigenvalue weighted by atomic mass is 10.1. The zero-order chi connectivity index (χ0) is 19.4. The molecular formula is C18H18ClN7O. The number of nitrogens with zero attached hydrogens (tertiary/aromatic N) is 4. The molecule has 1 aromatic carbocycles. The third-order valence-electron chi connectivity index (χ3n) is 3.93. The molecule has 3 aromatic rings. The van der Waals surface area contributed by atoms with Gasteiger partial charge in [0.15, 0.2) is 0 Å². The molecule has 0 spiro atoms. The number of nitrogens with one attached hydrogen (secondary N) is 2. The molecule has 3 rings (SSSR count). The Hall–Kier alpha value is -3.15. The standard InChI is InChI=1S/C18H18ClN7O/c1-11(23-18(27)16-9-22-17(8-21)24-16)10-26-5-4-15(25-26)12-2-3-13(7-20)14(19)6-12/h2-6,9,11H,8,10,21H2,1H3,(H,22,24)(H,23,27). The van der Waals surface area contributed by atoms with Gasteiger partial charge in [-0.25, -0.2) is 4.98 Å².